The Kier molecular flexibility index (Phi) is 8.34. The van der Waals surface area contributed by atoms with Gasteiger partial charge < -0.3 is 25.7 Å². The number of Topliss-reactive ketones (excluding diaryl/α,β-unsaturated/α-hetero) is 1. The highest BCUT2D eigenvalue weighted by molar-refractivity contribution is 7.20. The number of carbonyl (C=O) groups excluding carboxylic acids is 4. The summed E-state index contributed by atoms with van der Waals surface area (Å²) < 4.78 is 6.26. The number of para-hydroxylation sites is 1. The van der Waals surface area contributed by atoms with Crippen LogP contribution in [0.25, 0.3) is 21.1 Å². The number of ether oxygens (including phenoxy) is 1. The number of hydrogen-bond acceptors (Lipinski definition) is 7. The fourth-order valence-electron chi connectivity index (χ4n) is 5.15. The van der Waals surface area contributed by atoms with E-state index in [9.17, 15) is 19.2 Å². The number of benzene rings is 2. The molecule has 1 aliphatic heterocycles. The zero-order chi connectivity index (χ0) is 29.1. The van der Waals surface area contributed by atoms with Crippen molar-refractivity contribution in [1.29, 1.82) is 0 Å². The third-order valence-corrected chi connectivity index (χ3v) is 8.29. The summed E-state index contributed by atoms with van der Waals surface area (Å²) in [5.41, 5.74) is 1.72. The predicted octanol–water partition coefficient (Wildman–Crippen LogP) is 3.82. The molecular weight excluding hydrogens is 542 g/mol. The van der Waals surface area contributed by atoms with Crippen molar-refractivity contribution in [2.45, 2.75) is 45.2 Å². The van der Waals surface area contributed by atoms with E-state index in [-0.39, 0.29) is 34.7 Å². The number of aromatic amines is 1. The lowest BCUT2D eigenvalue weighted by molar-refractivity contribution is -0.125. The zero-order valence-electron chi connectivity index (χ0n) is 23.2. The Morgan fingerprint density at radius 3 is 2.61 bits per heavy atom. The first-order valence-electron chi connectivity index (χ1n) is 13.7. The minimum atomic E-state index is -0.971. The molecule has 10 nitrogen and oxygen atoms in total. The van der Waals surface area contributed by atoms with Gasteiger partial charge in [0.15, 0.2) is 5.01 Å². The number of nitrogens with zero attached hydrogens (tertiary/aromatic N) is 1. The highest BCUT2D eigenvalue weighted by Crippen LogP contribution is 2.27. The highest BCUT2D eigenvalue weighted by Gasteiger charge is 2.35. The van der Waals surface area contributed by atoms with Gasteiger partial charge in [-0.1, -0.05) is 32.0 Å². The topological polar surface area (TPSA) is 142 Å². The van der Waals surface area contributed by atoms with Gasteiger partial charge in [-0.25, -0.2) is 4.98 Å². The second-order valence-electron chi connectivity index (χ2n) is 10.7. The van der Waals surface area contributed by atoms with E-state index in [1.807, 2.05) is 50.2 Å². The van der Waals surface area contributed by atoms with E-state index < -0.39 is 29.8 Å². The molecule has 2 aromatic carbocycles. The molecule has 0 spiro atoms. The molecule has 1 fully saturated rings. The maximum Gasteiger partial charge on any atom is 0.268 e. The summed E-state index contributed by atoms with van der Waals surface area (Å²) in [6, 6.07) is 12.7. The van der Waals surface area contributed by atoms with Crippen LogP contribution in [-0.2, 0) is 9.59 Å². The maximum atomic E-state index is 13.7. The van der Waals surface area contributed by atoms with Gasteiger partial charge in [0.25, 0.3) is 5.91 Å². The lowest BCUT2D eigenvalue weighted by atomic mass is 9.95. The summed E-state index contributed by atoms with van der Waals surface area (Å²) in [7, 11) is 1.56. The first-order valence-corrected chi connectivity index (χ1v) is 14.5. The average Bonchev–Trinajstić information content (AvgIpc) is 3.69. The molecule has 3 heterocycles. The number of thiazole rings is 1. The van der Waals surface area contributed by atoms with Crippen LogP contribution in [0.5, 0.6) is 5.75 Å². The summed E-state index contributed by atoms with van der Waals surface area (Å²) in [6.45, 7) is 4.43. The Hall–Kier alpha value is -4.25. The predicted molar refractivity (Wildman–Crippen MR) is 157 cm³/mol. The normalized spacial score (nSPS) is 16.5. The van der Waals surface area contributed by atoms with Gasteiger partial charge >= 0.3 is 0 Å². The SMILES string of the molecule is COc1cccc2[nH]c(C(=O)NC(CC(C)C)C(=O)NC(CC3CCNC3=O)C(=O)c3nc4ccccc4s3)cc12. The van der Waals surface area contributed by atoms with E-state index in [1.54, 1.807) is 19.2 Å². The van der Waals surface area contributed by atoms with Crippen LogP contribution in [0.4, 0.5) is 0 Å². The third kappa shape index (κ3) is 6.25. The Balaban J connectivity index is 1.38. The molecule has 3 atom stereocenters. The van der Waals surface area contributed by atoms with Crippen LogP contribution in [0.1, 0.15) is 53.4 Å². The van der Waals surface area contributed by atoms with Crippen LogP contribution in [0.15, 0.2) is 48.5 Å². The fraction of sp³-hybridized carbons (Fsp3) is 0.367. The van der Waals surface area contributed by atoms with Crippen molar-refractivity contribution in [3.63, 3.8) is 0 Å². The summed E-state index contributed by atoms with van der Waals surface area (Å²) in [5, 5.41) is 9.53. The molecule has 3 unspecified atom stereocenters. The first-order chi connectivity index (χ1) is 19.7. The van der Waals surface area contributed by atoms with Crippen molar-refractivity contribution in [3.8, 4) is 5.75 Å². The lowest BCUT2D eigenvalue weighted by Crippen LogP contribution is -2.52. The van der Waals surface area contributed by atoms with Crippen LogP contribution >= 0.6 is 11.3 Å². The van der Waals surface area contributed by atoms with Crippen LogP contribution < -0.4 is 20.7 Å². The van der Waals surface area contributed by atoms with Crippen molar-refractivity contribution in [2.75, 3.05) is 13.7 Å². The number of fused-ring (bicyclic) bond motifs is 2. The number of methoxy groups -OCH3 is 1. The molecule has 4 aromatic rings. The van der Waals surface area contributed by atoms with Crippen LogP contribution in [-0.4, -0.2) is 59.2 Å². The summed E-state index contributed by atoms with van der Waals surface area (Å²) >= 11 is 1.25. The lowest BCUT2D eigenvalue weighted by Gasteiger charge is -2.24. The van der Waals surface area contributed by atoms with Crippen molar-refractivity contribution in [2.24, 2.45) is 11.8 Å². The molecule has 0 bridgehead atoms. The number of rotatable bonds is 11. The van der Waals surface area contributed by atoms with E-state index in [0.717, 1.165) is 15.6 Å². The first kappa shape index (κ1) is 28.3. The minimum Gasteiger partial charge on any atom is -0.496 e. The summed E-state index contributed by atoms with van der Waals surface area (Å²) in [4.78, 5) is 60.6. The van der Waals surface area contributed by atoms with Crippen LogP contribution in [0.3, 0.4) is 0 Å². The number of hydrogen-bond donors (Lipinski definition) is 4. The second-order valence-corrected chi connectivity index (χ2v) is 11.7. The molecule has 3 amide bonds. The Labute approximate surface area is 241 Å². The van der Waals surface area contributed by atoms with Gasteiger partial charge in [0, 0.05) is 23.4 Å². The standard InChI is InChI=1S/C30H33N5O5S/c1-16(2)13-22(34-29(39)23-15-18-19(32-23)8-6-9-24(18)40-3)28(38)33-21(14-17-11-12-31-27(17)37)26(36)30-35-20-7-4-5-10-25(20)41-30/h4-10,15-17,21-22,32H,11-14H2,1-3H3,(H,31,37)(H,33,38)(H,34,39). The second kappa shape index (κ2) is 12.1. The third-order valence-electron chi connectivity index (χ3n) is 7.24. The molecular formula is C30H33N5O5S. The van der Waals surface area contributed by atoms with Gasteiger partial charge in [-0.15, -0.1) is 11.3 Å². The van der Waals surface area contributed by atoms with E-state index in [2.05, 4.69) is 25.9 Å². The van der Waals surface area contributed by atoms with Crippen LogP contribution in [0.2, 0.25) is 0 Å². The molecule has 214 valence electrons. The number of aromatic nitrogens is 2. The maximum absolute atomic E-state index is 13.7. The molecule has 1 saturated heterocycles. The summed E-state index contributed by atoms with van der Waals surface area (Å²) in [5.74, 6) is -1.13. The Bertz CT molecular complexity index is 1580. The van der Waals surface area contributed by atoms with E-state index in [0.29, 0.717) is 30.7 Å². The molecule has 1 aliphatic rings. The minimum absolute atomic E-state index is 0.0767. The van der Waals surface area contributed by atoms with Crippen LogP contribution in [0, 0.1) is 11.8 Å². The van der Waals surface area contributed by atoms with Crippen molar-refractivity contribution in [3.05, 3.63) is 59.2 Å². The number of carbonyl (C=O) groups is 4. The smallest absolute Gasteiger partial charge is 0.268 e. The van der Waals surface area contributed by atoms with Gasteiger partial charge in [0.05, 0.1) is 23.4 Å². The average molecular weight is 576 g/mol. The Morgan fingerprint density at radius 1 is 1.10 bits per heavy atom. The number of H-pyrrole nitrogens is 1. The van der Waals surface area contributed by atoms with Gasteiger partial charge in [-0.2, -0.15) is 0 Å². The number of amides is 3. The molecule has 5 rings (SSSR count). The highest BCUT2D eigenvalue weighted by atomic mass is 32.1. The van der Waals surface area contributed by atoms with Crippen molar-refractivity contribution in [1.82, 2.24) is 25.9 Å². The molecule has 0 radical (unpaired) electrons. The van der Waals surface area contributed by atoms with Crippen molar-refractivity contribution < 1.29 is 23.9 Å². The van der Waals surface area contributed by atoms with E-state index >= 15 is 0 Å². The Morgan fingerprint density at radius 2 is 1.90 bits per heavy atom. The van der Waals surface area contributed by atoms with E-state index in [1.165, 1.54) is 11.3 Å². The van der Waals surface area contributed by atoms with E-state index in [4.69, 9.17) is 4.74 Å². The fourth-order valence-corrected chi connectivity index (χ4v) is 6.11. The molecule has 0 saturated carbocycles. The molecule has 0 aliphatic carbocycles. The number of nitrogens with one attached hydrogen (secondary N) is 4. The number of ketones is 1. The zero-order valence-corrected chi connectivity index (χ0v) is 24.0. The molecule has 41 heavy (non-hydrogen) atoms. The quantitative estimate of drug-likeness (QED) is 0.200. The molecule has 11 heteroatoms. The largest absolute Gasteiger partial charge is 0.496 e. The van der Waals surface area contributed by atoms with Gasteiger partial charge in [0.1, 0.15) is 17.5 Å². The molecule has 2 aromatic heterocycles. The monoisotopic (exact) mass is 575 g/mol. The van der Waals surface area contributed by atoms with Gasteiger partial charge in [-0.3, -0.25) is 19.2 Å². The van der Waals surface area contributed by atoms with Crippen molar-refractivity contribution >= 4 is 56.0 Å². The molecule has 4 N–H and O–H groups in total. The van der Waals surface area contributed by atoms with Gasteiger partial charge in [0.2, 0.25) is 17.6 Å². The summed E-state index contributed by atoms with van der Waals surface area (Å²) in [6.07, 6.45) is 1.08. The van der Waals surface area contributed by atoms with Gasteiger partial charge in [-0.05, 0) is 55.5 Å².